The summed E-state index contributed by atoms with van der Waals surface area (Å²) in [6.45, 7) is 0. The SMILES string of the molecule is O=c1nc(C(F)(F)C(F)(F)C(F)(F)F)nc(C(F)(F)C(F)(F)C(F)(F)F)[nH]1. The number of aromatic nitrogens is 3. The molecular formula is C9HF14N3O. The van der Waals surface area contributed by atoms with Crippen molar-refractivity contribution in [3.63, 3.8) is 0 Å². The molecule has 1 N–H and O–H groups in total. The van der Waals surface area contributed by atoms with Gasteiger partial charge in [0.05, 0.1) is 0 Å². The molecule has 0 spiro atoms. The molecule has 0 aliphatic heterocycles. The van der Waals surface area contributed by atoms with E-state index in [9.17, 15) is 66.3 Å². The van der Waals surface area contributed by atoms with Gasteiger partial charge >= 0.3 is 41.7 Å². The molecule has 1 heterocycles. The van der Waals surface area contributed by atoms with Crippen LogP contribution in [0.15, 0.2) is 4.79 Å². The molecule has 4 nitrogen and oxygen atoms in total. The molecule has 0 radical (unpaired) electrons. The smallest absolute Gasteiger partial charge is 0.289 e. The third-order valence-electron chi connectivity index (χ3n) is 2.73. The number of alkyl halides is 14. The van der Waals surface area contributed by atoms with Crippen LogP contribution in [-0.2, 0) is 11.8 Å². The fourth-order valence-electron chi connectivity index (χ4n) is 1.32. The largest absolute Gasteiger partial charge is 0.460 e. The first-order valence-electron chi connectivity index (χ1n) is 5.74. The van der Waals surface area contributed by atoms with Crippen molar-refractivity contribution >= 4 is 0 Å². The van der Waals surface area contributed by atoms with E-state index >= 15 is 0 Å². The average Bonchev–Trinajstić information content (AvgIpc) is 2.43. The summed E-state index contributed by atoms with van der Waals surface area (Å²) >= 11 is 0. The van der Waals surface area contributed by atoms with Crippen LogP contribution >= 0.6 is 0 Å². The Morgan fingerprint density at radius 3 is 1.33 bits per heavy atom. The highest BCUT2D eigenvalue weighted by atomic mass is 19.4. The number of hydrogen-bond donors (Lipinski definition) is 1. The summed E-state index contributed by atoms with van der Waals surface area (Å²) in [5.41, 5.74) is -2.68. The van der Waals surface area contributed by atoms with Crippen LogP contribution < -0.4 is 5.69 Å². The van der Waals surface area contributed by atoms with Crippen LogP contribution in [-0.4, -0.2) is 39.1 Å². The van der Waals surface area contributed by atoms with Crippen molar-refractivity contribution in [2.75, 3.05) is 0 Å². The Kier molecular flexibility index (Phi) is 5.01. The van der Waals surface area contributed by atoms with Gasteiger partial charge in [0.25, 0.3) is 0 Å². The second-order valence-corrected chi connectivity index (χ2v) is 4.62. The minimum Gasteiger partial charge on any atom is -0.289 e. The Labute approximate surface area is 136 Å². The van der Waals surface area contributed by atoms with E-state index in [4.69, 9.17) is 0 Å². The van der Waals surface area contributed by atoms with E-state index in [0.717, 1.165) is 0 Å². The summed E-state index contributed by atoms with van der Waals surface area (Å²) in [6.07, 6.45) is -14.1. The molecule has 18 heteroatoms. The molecule has 1 aromatic rings. The fourth-order valence-corrected chi connectivity index (χ4v) is 1.32. The van der Waals surface area contributed by atoms with E-state index in [0.29, 0.717) is 4.98 Å². The lowest BCUT2D eigenvalue weighted by atomic mass is 10.1. The molecule has 0 fully saturated rings. The lowest BCUT2D eigenvalue weighted by Crippen LogP contribution is -2.53. The van der Waals surface area contributed by atoms with Crippen LogP contribution in [0.4, 0.5) is 61.5 Å². The summed E-state index contributed by atoms with van der Waals surface area (Å²) in [7, 11) is 0. The summed E-state index contributed by atoms with van der Waals surface area (Å²) in [5, 5.41) is 0. The van der Waals surface area contributed by atoms with E-state index in [1.54, 1.807) is 4.98 Å². The van der Waals surface area contributed by atoms with Crippen molar-refractivity contribution in [3.8, 4) is 0 Å². The standard InChI is InChI=1S/C9HF14N3O/c10-4(11,6(14,15)8(18,19)20)1-24-2(26-3(27)25-1)5(12,13)7(16,17)9(21,22)23/h(H,24,25,26,27). The molecule has 0 bridgehead atoms. The zero-order chi connectivity index (χ0) is 21.9. The van der Waals surface area contributed by atoms with E-state index in [1.165, 1.54) is 4.98 Å². The van der Waals surface area contributed by atoms with Crippen LogP contribution in [0.25, 0.3) is 0 Å². The molecule has 0 amide bonds. The number of halogens is 14. The first kappa shape index (κ1) is 22.9. The molecule has 0 aromatic carbocycles. The van der Waals surface area contributed by atoms with Crippen LogP contribution in [0.3, 0.4) is 0 Å². The van der Waals surface area contributed by atoms with Crippen LogP contribution in [0.2, 0.25) is 0 Å². The van der Waals surface area contributed by atoms with Crippen molar-refractivity contribution < 1.29 is 61.5 Å². The van der Waals surface area contributed by atoms with Crippen molar-refractivity contribution in [1.29, 1.82) is 0 Å². The monoisotopic (exact) mass is 433 g/mol. The van der Waals surface area contributed by atoms with Crippen molar-refractivity contribution in [1.82, 2.24) is 15.0 Å². The Morgan fingerprint density at radius 1 is 0.593 bits per heavy atom. The minimum atomic E-state index is -7.10. The second kappa shape index (κ2) is 5.91. The molecule has 0 aliphatic carbocycles. The maximum atomic E-state index is 13.3. The van der Waals surface area contributed by atoms with E-state index in [2.05, 4.69) is 0 Å². The van der Waals surface area contributed by atoms with Gasteiger partial charge in [0.2, 0.25) is 5.82 Å². The molecule has 1 aromatic heterocycles. The lowest BCUT2D eigenvalue weighted by Gasteiger charge is -2.29. The van der Waals surface area contributed by atoms with Crippen molar-refractivity contribution in [2.45, 2.75) is 36.0 Å². The van der Waals surface area contributed by atoms with E-state index in [1.807, 2.05) is 0 Å². The van der Waals surface area contributed by atoms with Crippen LogP contribution in [0.5, 0.6) is 0 Å². The summed E-state index contributed by atoms with van der Waals surface area (Å²) in [4.78, 5) is 14.4. The Bertz CT molecular complexity index is 701. The number of rotatable bonds is 4. The van der Waals surface area contributed by atoms with E-state index in [-0.39, 0.29) is 0 Å². The van der Waals surface area contributed by atoms with Gasteiger partial charge in [0.1, 0.15) is 0 Å². The van der Waals surface area contributed by atoms with Gasteiger partial charge in [0, 0.05) is 0 Å². The Hall–Kier alpha value is -2.17. The van der Waals surface area contributed by atoms with Crippen molar-refractivity contribution in [2.24, 2.45) is 0 Å². The zero-order valence-corrected chi connectivity index (χ0v) is 11.6. The first-order chi connectivity index (χ1) is 11.6. The predicted octanol–water partition coefficient (Wildman–Crippen LogP) is 3.74. The summed E-state index contributed by atoms with van der Waals surface area (Å²) in [5.74, 6) is -34.1. The summed E-state index contributed by atoms with van der Waals surface area (Å²) < 4.78 is 177. The molecule has 0 atom stereocenters. The van der Waals surface area contributed by atoms with Gasteiger partial charge in [-0.1, -0.05) is 0 Å². The Balaban J connectivity index is 3.70. The molecule has 27 heavy (non-hydrogen) atoms. The zero-order valence-electron chi connectivity index (χ0n) is 11.6. The maximum absolute atomic E-state index is 13.3. The minimum absolute atomic E-state index is 0.361. The number of H-pyrrole nitrogens is 1. The highest BCUT2D eigenvalue weighted by Crippen LogP contribution is 2.53. The van der Waals surface area contributed by atoms with Crippen LogP contribution in [0, 0.1) is 0 Å². The summed E-state index contributed by atoms with van der Waals surface area (Å²) in [6, 6.07) is 0. The van der Waals surface area contributed by atoms with Crippen molar-refractivity contribution in [3.05, 3.63) is 22.1 Å². The van der Waals surface area contributed by atoms with E-state index < -0.39 is 53.4 Å². The highest BCUT2D eigenvalue weighted by molar-refractivity contribution is 5.11. The van der Waals surface area contributed by atoms with Crippen LogP contribution in [0.1, 0.15) is 11.6 Å². The molecule has 0 aliphatic rings. The predicted molar refractivity (Wildman–Crippen MR) is 52.4 cm³/mol. The third kappa shape index (κ3) is 3.40. The van der Waals surface area contributed by atoms with Gasteiger partial charge in [-0.2, -0.15) is 66.4 Å². The molecule has 156 valence electrons. The van der Waals surface area contributed by atoms with Gasteiger partial charge in [-0.15, -0.1) is 0 Å². The van der Waals surface area contributed by atoms with Gasteiger partial charge in [-0.3, -0.25) is 4.98 Å². The molecule has 0 saturated heterocycles. The number of aromatic amines is 1. The third-order valence-corrected chi connectivity index (χ3v) is 2.73. The number of nitrogens with zero attached hydrogens (tertiary/aromatic N) is 2. The average molecular weight is 433 g/mol. The molecular weight excluding hydrogens is 432 g/mol. The first-order valence-corrected chi connectivity index (χ1v) is 5.74. The Morgan fingerprint density at radius 2 is 0.963 bits per heavy atom. The van der Waals surface area contributed by atoms with Gasteiger partial charge < -0.3 is 0 Å². The maximum Gasteiger partial charge on any atom is 0.460 e. The van der Waals surface area contributed by atoms with Gasteiger partial charge in [-0.05, 0) is 0 Å². The van der Waals surface area contributed by atoms with Gasteiger partial charge in [-0.25, -0.2) is 9.78 Å². The highest BCUT2D eigenvalue weighted by Gasteiger charge is 2.77. The fraction of sp³-hybridized carbons (Fsp3) is 0.667. The number of nitrogens with one attached hydrogen (secondary N) is 1. The normalized spacial score (nSPS) is 15.2. The van der Waals surface area contributed by atoms with Gasteiger partial charge in [0.15, 0.2) is 5.82 Å². The molecule has 0 unspecified atom stereocenters. The molecule has 0 saturated carbocycles. The topological polar surface area (TPSA) is 58.6 Å². The lowest BCUT2D eigenvalue weighted by molar-refractivity contribution is -0.364. The number of hydrogen-bond acceptors (Lipinski definition) is 3. The second-order valence-electron chi connectivity index (χ2n) is 4.62. The quantitative estimate of drug-likeness (QED) is 0.737. The molecule has 1 rings (SSSR count).